The van der Waals surface area contributed by atoms with E-state index in [9.17, 15) is 8.42 Å². The minimum atomic E-state index is -3.65. The van der Waals surface area contributed by atoms with Crippen LogP contribution in [0.4, 0.5) is 0 Å². The standard InChI is InChI=1S/C27H28N2O2S/c1-20-11-13-25(14-12-20)32(30,31)29-19-24(27-10-6-5-9-26(27)21(29)2)18-28-16-15-22-7-3-4-8-23(22)17-28/h3-14,19,21H,15-18H2,1-2H3. The Morgan fingerprint density at radius 3 is 2.38 bits per heavy atom. The number of fused-ring (bicyclic) bond motifs is 2. The molecule has 2 aliphatic heterocycles. The molecule has 2 heterocycles. The lowest BCUT2D eigenvalue weighted by Gasteiger charge is -2.36. The van der Waals surface area contributed by atoms with Crippen LogP contribution in [0.5, 0.6) is 0 Å². The molecular formula is C27H28N2O2S. The summed E-state index contributed by atoms with van der Waals surface area (Å²) >= 11 is 0. The molecule has 164 valence electrons. The van der Waals surface area contributed by atoms with Gasteiger partial charge in [0.25, 0.3) is 10.0 Å². The van der Waals surface area contributed by atoms with Crippen LogP contribution in [0.2, 0.25) is 0 Å². The van der Waals surface area contributed by atoms with E-state index in [4.69, 9.17) is 0 Å². The fraction of sp³-hybridized carbons (Fsp3) is 0.259. The van der Waals surface area contributed by atoms with Gasteiger partial charge in [-0.1, -0.05) is 66.2 Å². The second-order valence-electron chi connectivity index (χ2n) is 8.79. The Kier molecular flexibility index (Phi) is 5.39. The minimum Gasteiger partial charge on any atom is -0.294 e. The van der Waals surface area contributed by atoms with E-state index in [1.165, 1.54) is 11.1 Å². The van der Waals surface area contributed by atoms with Crippen LogP contribution in [0.25, 0.3) is 5.57 Å². The topological polar surface area (TPSA) is 40.6 Å². The second kappa shape index (κ2) is 8.23. The predicted octanol–water partition coefficient (Wildman–Crippen LogP) is 5.16. The number of hydrogen-bond donors (Lipinski definition) is 0. The van der Waals surface area contributed by atoms with Crippen molar-refractivity contribution in [3.05, 3.63) is 107 Å². The lowest BCUT2D eigenvalue weighted by molar-refractivity contribution is 0.284. The van der Waals surface area contributed by atoms with Crippen LogP contribution < -0.4 is 0 Å². The minimum absolute atomic E-state index is 0.261. The summed E-state index contributed by atoms with van der Waals surface area (Å²) in [5.41, 5.74) is 7.07. The van der Waals surface area contributed by atoms with Gasteiger partial charge in [-0.05, 0) is 60.2 Å². The van der Waals surface area contributed by atoms with Gasteiger partial charge in [0, 0.05) is 25.8 Å². The Balaban J connectivity index is 1.51. The molecule has 1 unspecified atom stereocenters. The Morgan fingerprint density at radius 1 is 0.906 bits per heavy atom. The van der Waals surface area contributed by atoms with Crippen LogP contribution in [0.1, 0.15) is 40.8 Å². The van der Waals surface area contributed by atoms with Crippen LogP contribution in [0, 0.1) is 6.92 Å². The van der Waals surface area contributed by atoms with Gasteiger partial charge in [-0.15, -0.1) is 0 Å². The third-order valence-corrected chi connectivity index (χ3v) is 8.47. The summed E-state index contributed by atoms with van der Waals surface area (Å²) in [6, 6.07) is 23.6. The van der Waals surface area contributed by atoms with Crippen molar-refractivity contribution in [3.8, 4) is 0 Å². The molecule has 0 N–H and O–H groups in total. The van der Waals surface area contributed by atoms with Crippen molar-refractivity contribution in [3.63, 3.8) is 0 Å². The molecule has 3 aromatic carbocycles. The Morgan fingerprint density at radius 2 is 1.59 bits per heavy atom. The van der Waals surface area contributed by atoms with Gasteiger partial charge < -0.3 is 0 Å². The zero-order valence-corrected chi connectivity index (χ0v) is 19.3. The van der Waals surface area contributed by atoms with Crippen LogP contribution >= 0.6 is 0 Å². The maximum atomic E-state index is 13.6. The highest BCUT2D eigenvalue weighted by Crippen LogP contribution is 2.38. The molecule has 5 heteroatoms. The van der Waals surface area contributed by atoms with Gasteiger partial charge in [-0.2, -0.15) is 0 Å². The van der Waals surface area contributed by atoms with E-state index in [0.717, 1.165) is 48.3 Å². The van der Waals surface area contributed by atoms with Crippen LogP contribution in [-0.2, 0) is 23.0 Å². The molecule has 0 aliphatic carbocycles. The highest BCUT2D eigenvalue weighted by atomic mass is 32.2. The van der Waals surface area contributed by atoms with Gasteiger partial charge in [-0.3, -0.25) is 9.21 Å². The largest absolute Gasteiger partial charge is 0.294 e. The van der Waals surface area contributed by atoms with E-state index in [0.29, 0.717) is 4.90 Å². The van der Waals surface area contributed by atoms with Crippen LogP contribution in [0.3, 0.4) is 0 Å². The number of nitrogens with zero attached hydrogens (tertiary/aromatic N) is 2. The van der Waals surface area contributed by atoms with Crippen molar-refractivity contribution in [2.24, 2.45) is 0 Å². The predicted molar refractivity (Wildman–Crippen MR) is 128 cm³/mol. The normalized spacial score (nSPS) is 18.6. The number of hydrogen-bond acceptors (Lipinski definition) is 3. The number of aryl methyl sites for hydroxylation is 1. The molecule has 0 radical (unpaired) electrons. The van der Waals surface area contributed by atoms with Crippen molar-refractivity contribution in [2.75, 3.05) is 13.1 Å². The highest BCUT2D eigenvalue weighted by molar-refractivity contribution is 7.89. The van der Waals surface area contributed by atoms with Crippen molar-refractivity contribution >= 4 is 15.6 Å². The first-order valence-corrected chi connectivity index (χ1v) is 12.6. The molecule has 0 amide bonds. The van der Waals surface area contributed by atoms with Crippen molar-refractivity contribution in [1.29, 1.82) is 0 Å². The first-order chi connectivity index (χ1) is 15.4. The molecule has 32 heavy (non-hydrogen) atoms. The van der Waals surface area contributed by atoms with E-state index in [-0.39, 0.29) is 6.04 Å². The van der Waals surface area contributed by atoms with Crippen LogP contribution in [0.15, 0.2) is 83.9 Å². The molecule has 0 saturated carbocycles. The zero-order chi connectivity index (χ0) is 22.3. The fourth-order valence-corrected chi connectivity index (χ4v) is 6.31. The molecule has 0 saturated heterocycles. The van der Waals surface area contributed by atoms with Gasteiger partial charge in [0.2, 0.25) is 0 Å². The van der Waals surface area contributed by atoms with E-state index in [1.807, 2.05) is 44.3 Å². The Labute approximate surface area is 190 Å². The second-order valence-corrected chi connectivity index (χ2v) is 10.6. The molecule has 4 nitrogen and oxygen atoms in total. The smallest absolute Gasteiger partial charge is 0.264 e. The molecule has 3 aromatic rings. The third kappa shape index (κ3) is 3.76. The molecular weight excluding hydrogens is 416 g/mol. The zero-order valence-electron chi connectivity index (χ0n) is 18.5. The Bertz CT molecular complexity index is 1280. The number of benzene rings is 3. The highest BCUT2D eigenvalue weighted by Gasteiger charge is 2.33. The summed E-state index contributed by atoms with van der Waals surface area (Å²) in [5.74, 6) is 0. The van der Waals surface area contributed by atoms with E-state index < -0.39 is 10.0 Å². The summed E-state index contributed by atoms with van der Waals surface area (Å²) < 4.78 is 28.7. The Hall–Kier alpha value is -2.89. The maximum absolute atomic E-state index is 13.6. The average Bonchev–Trinajstić information content (AvgIpc) is 2.81. The average molecular weight is 445 g/mol. The molecule has 0 aromatic heterocycles. The van der Waals surface area contributed by atoms with Crippen molar-refractivity contribution < 1.29 is 8.42 Å². The number of rotatable bonds is 4. The quantitative estimate of drug-likeness (QED) is 0.558. The summed E-state index contributed by atoms with van der Waals surface area (Å²) in [4.78, 5) is 2.74. The van der Waals surface area contributed by atoms with E-state index >= 15 is 0 Å². The maximum Gasteiger partial charge on any atom is 0.264 e. The van der Waals surface area contributed by atoms with E-state index in [2.05, 4.69) is 41.3 Å². The van der Waals surface area contributed by atoms with Crippen LogP contribution in [-0.4, -0.2) is 30.7 Å². The monoisotopic (exact) mass is 444 g/mol. The lowest BCUT2D eigenvalue weighted by Crippen LogP contribution is -2.36. The van der Waals surface area contributed by atoms with Gasteiger partial charge in [0.05, 0.1) is 10.9 Å². The fourth-order valence-electron chi connectivity index (χ4n) is 4.79. The summed E-state index contributed by atoms with van der Waals surface area (Å²) in [7, 11) is -3.65. The summed E-state index contributed by atoms with van der Waals surface area (Å²) in [5, 5.41) is 0. The molecule has 0 spiro atoms. The van der Waals surface area contributed by atoms with Gasteiger partial charge in [0.1, 0.15) is 0 Å². The lowest BCUT2D eigenvalue weighted by atomic mass is 9.92. The summed E-state index contributed by atoms with van der Waals surface area (Å²) in [6.07, 6.45) is 2.88. The number of sulfonamides is 1. The molecule has 0 bridgehead atoms. The molecule has 2 aliphatic rings. The SMILES string of the molecule is Cc1ccc(S(=O)(=O)N2C=C(CN3CCc4ccccc4C3)c3ccccc3C2C)cc1. The van der Waals surface area contributed by atoms with Crippen molar-refractivity contribution in [1.82, 2.24) is 9.21 Å². The molecule has 1 atom stereocenters. The summed E-state index contributed by atoms with van der Waals surface area (Å²) in [6.45, 7) is 6.50. The van der Waals surface area contributed by atoms with E-state index in [1.54, 1.807) is 16.4 Å². The molecule has 5 rings (SSSR count). The van der Waals surface area contributed by atoms with Gasteiger partial charge >= 0.3 is 0 Å². The first kappa shape index (κ1) is 21.0. The van der Waals surface area contributed by atoms with Crippen molar-refractivity contribution in [2.45, 2.75) is 37.8 Å². The first-order valence-electron chi connectivity index (χ1n) is 11.1. The van der Waals surface area contributed by atoms with Gasteiger partial charge in [0.15, 0.2) is 0 Å². The van der Waals surface area contributed by atoms with Gasteiger partial charge in [-0.25, -0.2) is 8.42 Å². The third-order valence-electron chi connectivity index (χ3n) is 6.62. The molecule has 0 fully saturated rings.